The molecular weight excluding hydrogens is 268 g/mol. The Morgan fingerprint density at radius 2 is 1.79 bits per heavy atom. The maximum absolute atomic E-state index is 11.6. The number of rotatable bonds is 13. The zero-order chi connectivity index (χ0) is 14.6. The van der Waals surface area contributed by atoms with Crippen molar-refractivity contribution in [3.05, 3.63) is 0 Å². The smallest absolute Gasteiger partial charge is 0.211 e. The molecule has 0 aromatic rings. The molecular formula is C12H28N2O4S. The predicted octanol–water partition coefficient (Wildman–Crippen LogP) is 0.347. The van der Waals surface area contributed by atoms with Crippen molar-refractivity contribution in [2.45, 2.75) is 32.7 Å². The van der Waals surface area contributed by atoms with E-state index in [1.54, 1.807) is 7.11 Å². The van der Waals surface area contributed by atoms with Crippen LogP contribution in [0.4, 0.5) is 0 Å². The molecule has 0 aliphatic rings. The first-order valence-corrected chi connectivity index (χ1v) is 8.40. The molecule has 7 heteroatoms. The molecule has 0 rings (SSSR count). The van der Waals surface area contributed by atoms with Crippen LogP contribution in [-0.4, -0.2) is 60.2 Å². The van der Waals surface area contributed by atoms with Crippen LogP contribution < -0.4 is 10.0 Å². The standard InChI is InChI=1S/C12H28N2O4S/c1-12(2)13-6-5-11-19(15,16)14-7-4-8-18-10-9-17-3/h12-14H,4-11H2,1-3H3. The number of sulfonamides is 1. The van der Waals surface area contributed by atoms with Crippen LogP contribution in [0.2, 0.25) is 0 Å². The summed E-state index contributed by atoms with van der Waals surface area (Å²) in [6.45, 7) is 6.87. The first kappa shape index (κ1) is 18.8. The fraction of sp³-hybridized carbons (Fsp3) is 1.00. The van der Waals surface area contributed by atoms with E-state index in [-0.39, 0.29) is 5.75 Å². The predicted molar refractivity (Wildman–Crippen MR) is 76.9 cm³/mol. The minimum atomic E-state index is -3.15. The summed E-state index contributed by atoms with van der Waals surface area (Å²) in [5.41, 5.74) is 0. The molecule has 0 fully saturated rings. The average Bonchev–Trinajstić information content (AvgIpc) is 2.33. The number of ether oxygens (including phenoxy) is 2. The van der Waals surface area contributed by atoms with Crippen molar-refractivity contribution in [1.82, 2.24) is 10.0 Å². The second-order valence-corrected chi connectivity index (χ2v) is 6.56. The van der Waals surface area contributed by atoms with Gasteiger partial charge in [0.1, 0.15) is 0 Å². The minimum Gasteiger partial charge on any atom is -0.382 e. The summed E-state index contributed by atoms with van der Waals surface area (Å²) in [6, 6.07) is 0.389. The lowest BCUT2D eigenvalue weighted by Gasteiger charge is -2.09. The van der Waals surface area contributed by atoms with Crippen LogP contribution in [0, 0.1) is 0 Å². The van der Waals surface area contributed by atoms with Gasteiger partial charge in [0.15, 0.2) is 0 Å². The molecule has 0 heterocycles. The van der Waals surface area contributed by atoms with Crippen LogP contribution in [0.3, 0.4) is 0 Å². The molecule has 116 valence electrons. The van der Waals surface area contributed by atoms with E-state index in [0.29, 0.717) is 45.2 Å². The molecule has 0 aliphatic heterocycles. The zero-order valence-corrected chi connectivity index (χ0v) is 13.1. The van der Waals surface area contributed by atoms with Crippen molar-refractivity contribution in [2.24, 2.45) is 0 Å². The number of methoxy groups -OCH3 is 1. The molecule has 0 amide bonds. The maximum Gasteiger partial charge on any atom is 0.211 e. The molecule has 0 aromatic carbocycles. The summed E-state index contributed by atoms with van der Waals surface area (Å²) in [6.07, 6.45) is 1.30. The van der Waals surface area contributed by atoms with Crippen LogP contribution in [-0.2, 0) is 19.5 Å². The molecule has 0 radical (unpaired) electrons. The fourth-order valence-electron chi connectivity index (χ4n) is 1.37. The number of hydrogen-bond donors (Lipinski definition) is 2. The van der Waals surface area contributed by atoms with Crippen molar-refractivity contribution in [2.75, 3.05) is 45.8 Å². The summed E-state index contributed by atoms with van der Waals surface area (Å²) < 4.78 is 35.9. The third-order valence-electron chi connectivity index (χ3n) is 2.36. The summed E-state index contributed by atoms with van der Waals surface area (Å²) in [4.78, 5) is 0. The van der Waals surface area contributed by atoms with Gasteiger partial charge >= 0.3 is 0 Å². The second kappa shape index (κ2) is 11.6. The van der Waals surface area contributed by atoms with E-state index in [2.05, 4.69) is 10.0 Å². The molecule has 6 nitrogen and oxygen atoms in total. The van der Waals surface area contributed by atoms with Crippen LogP contribution >= 0.6 is 0 Å². The average molecular weight is 296 g/mol. The van der Waals surface area contributed by atoms with E-state index in [4.69, 9.17) is 9.47 Å². The molecule has 0 aromatic heterocycles. The van der Waals surface area contributed by atoms with Crippen molar-refractivity contribution in [1.29, 1.82) is 0 Å². The molecule has 0 saturated carbocycles. The van der Waals surface area contributed by atoms with Crippen LogP contribution in [0.15, 0.2) is 0 Å². The van der Waals surface area contributed by atoms with Gasteiger partial charge in [-0.3, -0.25) is 0 Å². The van der Waals surface area contributed by atoms with Gasteiger partial charge in [-0.05, 0) is 19.4 Å². The summed E-state index contributed by atoms with van der Waals surface area (Å²) in [5.74, 6) is 0.164. The topological polar surface area (TPSA) is 76.7 Å². The molecule has 0 bridgehead atoms. The lowest BCUT2D eigenvalue weighted by Crippen LogP contribution is -2.31. The van der Waals surface area contributed by atoms with Crippen molar-refractivity contribution < 1.29 is 17.9 Å². The molecule has 0 aliphatic carbocycles. The Morgan fingerprint density at radius 3 is 2.42 bits per heavy atom. The largest absolute Gasteiger partial charge is 0.382 e. The lowest BCUT2D eigenvalue weighted by molar-refractivity contribution is 0.0699. The van der Waals surface area contributed by atoms with E-state index in [1.165, 1.54) is 0 Å². The highest BCUT2D eigenvalue weighted by atomic mass is 32.2. The first-order chi connectivity index (χ1) is 8.98. The molecule has 19 heavy (non-hydrogen) atoms. The second-order valence-electron chi connectivity index (χ2n) is 4.63. The zero-order valence-electron chi connectivity index (χ0n) is 12.3. The van der Waals surface area contributed by atoms with E-state index < -0.39 is 10.0 Å². The Morgan fingerprint density at radius 1 is 1.05 bits per heavy atom. The van der Waals surface area contributed by atoms with Crippen molar-refractivity contribution in [3.63, 3.8) is 0 Å². The van der Waals surface area contributed by atoms with Crippen molar-refractivity contribution >= 4 is 10.0 Å². The minimum absolute atomic E-state index is 0.164. The molecule has 2 N–H and O–H groups in total. The van der Waals surface area contributed by atoms with Gasteiger partial charge in [-0.2, -0.15) is 0 Å². The Kier molecular flexibility index (Phi) is 11.5. The fourth-order valence-corrected chi connectivity index (χ4v) is 2.50. The highest BCUT2D eigenvalue weighted by Crippen LogP contribution is 1.91. The molecule has 0 unspecified atom stereocenters. The van der Waals surface area contributed by atoms with Crippen LogP contribution in [0.25, 0.3) is 0 Å². The van der Waals surface area contributed by atoms with Crippen LogP contribution in [0.5, 0.6) is 0 Å². The Hall–Kier alpha value is -0.210. The Labute approximate surface area is 117 Å². The lowest BCUT2D eigenvalue weighted by atomic mass is 10.4. The van der Waals surface area contributed by atoms with Gasteiger partial charge in [0.25, 0.3) is 0 Å². The van der Waals surface area contributed by atoms with Crippen molar-refractivity contribution in [3.8, 4) is 0 Å². The van der Waals surface area contributed by atoms with Gasteiger partial charge in [-0.25, -0.2) is 13.1 Å². The third-order valence-corrected chi connectivity index (χ3v) is 3.83. The van der Waals surface area contributed by atoms with E-state index in [0.717, 1.165) is 6.54 Å². The van der Waals surface area contributed by atoms with Gasteiger partial charge in [-0.1, -0.05) is 13.8 Å². The van der Waals surface area contributed by atoms with Crippen LogP contribution in [0.1, 0.15) is 26.7 Å². The molecule has 0 saturated heterocycles. The van der Waals surface area contributed by atoms with E-state index in [9.17, 15) is 8.42 Å². The summed E-state index contributed by atoms with van der Waals surface area (Å²) in [5, 5.41) is 3.19. The third kappa shape index (κ3) is 14.0. The van der Waals surface area contributed by atoms with Gasteiger partial charge < -0.3 is 14.8 Å². The maximum atomic E-state index is 11.6. The summed E-state index contributed by atoms with van der Waals surface area (Å²) in [7, 11) is -1.53. The normalized spacial score (nSPS) is 12.2. The monoisotopic (exact) mass is 296 g/mol. The van der Waals surface area contributed by atoms with Gasteiger partial charge in [0.2, 0.25) is 10.0 Å². The number of nitrogens with one attached hydrogen (secondary N) is 2. The van der Waals surface area contributed by atoms with E-state index in [1.807, 2.05) is 13.8 Å². The Balaban J connectivity index is 3.46. The van der Waals surface area contributed by atoms with E-state index >= 15 is 0 Å². The number of hydrogen-bond acceptors (Lipinski definition) is 5. The van der Waals surface area contributed by atoms with Gasteiger partial charge in [0.05, 0.1) is 19.0 Å². The van der Waals surface area contributed by atoms with Gasteiger partial charge in [0, 0.05) is 26.3 Å². The van der Waals surface area contributed by atoms with Gasteiger partial charge in [-0.15, -0.1) is 0 Å². The quantitative estimate of drug-likeness (QED) is 0.480. The Bertz CT molecular complexity index is 294. The summed E-state index contributed by atoms with van der Waals surface area (Å²) >= 11 is 0. The highest BCUT2D eigenvalue weighted by molar-refractivity contribution is 7.89. The molecule has 0 atom stereocenters. The first-order valence-electron chi connectivity index (χ1n) is 6.75. The SMILES string of the molecule is COCCOCCCNS(=O)(=O)CCCNC(C)C. The molecule has 0 spiro atoms. The highest BCUT2D eigenvalue weighted by Gasteiger charge is 2.08.